The summed E-state index contributed by atoms with van der Waals surface area (Å²) in [7, 11) is 0. The standard InChI is InChI=1S/C12H18INO/c1-3-10(2)14-8-9-15-12-7-5-4-6-11(12)13/h4-7,10,14H,3,8-9H2,1-2H3/p+1/t10-/m0/s1. The molecule has 0 spiro atoms. The van der Waals surface area contributed by atoms with Crippen LogP contribution in [0.3, 0.4) is 0 Å². The van der Waals surface area contributed by atoms with E-state index >= 15 is 0 Å². The summed E-state index contributed by atoms with van der Waals surface area (Å²) in [5.74, 6) is 0.996. The van der Waals surface area contributed by atoms with Crippen molar-refractivity contribution in [1.29, 1.82) is 0 Å². The van der Waals surface area contributed by atoms with Gasteiger partial charge in [-0.1, -0.05) is 19.1 Å². The fraction of sp³-hybridized carbons (Fsp3) is 0.500. The van der Waals surface area contributed by atoms with Gasteiger partial charge in [0.05, 0.1) is 9.61 Å². The van der Waals surface area contributed by atoms with Crippen LogP contribution in [-0.4, -0.2) is 19.2 Å². The average molecular weight is 320 g/mol. The molecule has 0 radical (unpaired) electrons. The zero-order valence-corrected chi connectivity index (χ0v) is 11.5. The van der Waals surface area contributed by atoms with E-state index in [1.54, 1.807) is 0 Å². The van der Waals surface area contributed by atoms with E-state index in [-0.39, 0.29) is 0 Å². The molecule has 0 fully saturated rings. The molecule has 1 aromatic carbocycles. The Labute approximate surface area is 106 Å². The van der Waals surface area contributed by atoms with Crippen molar-refractivity contribution in [2.45, 2.75) is 26.3 Å². The largest absolute Gasteiger partial charge is 0.487 e. The second-order valence-electron chi connectivity index (χ2n) is 3.69. The first-order valence-electron chi connectivity index (χ1n) is 5.44. The minimum absolute atomic E-state index is 0.698. The Morgan fingerprint density at radius 2 is 2.13 bits per heavy atom. The van der Waals surface area contributed by atoms with E-state index in [1.165, 1.54) is 9.99 Å². The van der Waals surface area contributed by atoms with Crippen molar-refractivity contribution in [3.63, 3.8) is 0 Å². The maximum Gasteiger partial charge on any atom is 0.137 e. The quantitative estimate of drug-likeness (QED) is 0.630. The van der Waals surface area contributed by atoms with Gasteiger partial charge >= 0.3 is 0 Å². The molecule has 0 saturated heterocycles. The van der Waals surface area contributed by atoms with Crippen molar-refractivity contribution in [3.05, 3.63) is 27.8 Å². The summed E-state index contributed by atoms with van der Waals surface area (Å²) >= 11 is 2.30. The maximum atomic E-state index is 5.69. The van der Waals surface area contributed by atoms with E-state index in [4.69, 9.17) is 4.74 Å². The van der Waals surface area contributed by atoms with Gasteiger partial charge in [0.1, 0.15) is 18.9 Å². The van der Waals surface area contributed by atoms with E-state index in [0.29, 0.717) is 6.04 Å². The third-order valence-corrected chi connectivity index (χ3v) is 3.32. The van der Waals surface area contributed by atoms with Crippen molar-refractivity contribution in [2.75, 3.05) is 13.2 Å². The number of quaternary nitrogens is 1. The molecule has 1 rings (SSSR count). The van der Waals surface area contributed by atoms with Gasteiger partial charge in [0.15, 0.2) is 0 Å². The predicted octanol–water partition coefficient (Wildman–Crippen LogP) is 2.03. The van der Waals surface area contributed by atoms with E-state index in [2.05, 4.69) is 47.8 Å². The van der Waals surface area contributed by atoms with E-state index < -0.39 is 0 Å². The molecule has 1 atom stereocenters. The lowest BCUT2D eigenvalue weighted by Gasteiger charge is -2.10. The van der Waals surface area contributed by atoms with Gasteiger partial charge in [-0.05, 0) is 48.1 Å². The number of para-hydroxylation sites is 1. The normalized spacial score (nSPS) is 12.5. The van der Waals surface area contributed by atoms with Gasteiger partial charge < -0.3 is 10.1 Å². The highest BCUT2D eigenvalue weighted by Crippen LogP contribution is 2.18. The molecule has 84 valence electrons. The summed E-state index contributed by atoms with van der Waals surface area (Å²) in [4.78, 5) is 0. The highest BCUT2D eigenvalue weighted by atomic mass is 127. The minimum Gasteiger partial charge on any atom is -0.487 e. The number of ether oxygens (including phenoxy) is 1. The highest BCUT2D eigenvalue weighted by molar-refractivity contribution is 14.1. The maximum absolute atomic E-state index is 5.69. The fourth-order valence-corrected chi connectivity index (χ4v) is 1.79. The molecule has 0 amide bonds. The number of benzene rings is 1. The Hall–Kier alpha value is -0.290. The predicted molar refractivity (Wildman–Crippen MR) is 71.2 cm³/mol. The molecule has 15 heavy (non-hydrogen) atoms. The molecule has 3 heteroatoms. The summed E-state index contributed by atoms with van der Waals surface area (Å²) in [5.41, 5.74) is 0. The first kappa shape index (κ1) is 12.8. The van der Waals surface area contributed by atoms with Crippen LogP contribution in [0.5, 0.6) is 5.75 Å². The molecule has 0 heterocycles. The molecular formula is C12H19INO+. The van der Waals surface area contributed by atoms with Gasteiger partial charge in [-0.25, -0.2) is 0 Å². The van der Waals surface area contributed by atoms with Crippen LogP contribution < -0.4 is 10.1 Å². The lowest BCUT2D eigenvalue weighted by Crippen LogP contribution is -2.90. The topological polar surface area (TPSA) is 25.8 Å². The Morgan fingerprint density at radius 3 is 2.80 bits per heavy atom. The molecule has 0 aliphatic rings. The minimum atomic E-state index is 0.698. The van der Waals surface area contributed by atoms with Crippen LogP contribution in [0.4, 0.5) is 0 Å². The molecule has 1 aromatic rings. The van der Waals surface area contributed by atoms with Gasteiger partial charge in [0, 0.05) is 0 Å². The Balaban J connectivity index is 2.23. The summed E-state index contributed by atoms with van der Waals surface area (Å²) in [6.45, 7) is 6.26. The molecular weight excluding hydrogens is 301 g/mol. The van der Waals surface area contributed by atoms with Crippen LogP contribution in [-0.2, 0) is 0 Å². The smallest absolute Gasteiger partial charge is 0.137 e. The Morgan fingerprint density at radius 1 is 1.40 bits per heavy atom. The molecule has 0 bridgehead atoms. The summed E-state index contributed by atoms with van der Waals surface area (Å²) < 4.78 is 6.87. The van der Waals surface area contributed by atoms with E-state index in [9.17, 15) is 0 Å². The molecule has 2 N–H and O–H groups in total. The summed E-state index contributed by atoms with van der Waals surface area (Å²) in [6.07, 6.45) is 1.21. The van der Waals surface area contributed by atoms with Gasteiger partial charge in [0.25, 0.3) is 0 Å². The summed E-state index contributed by atoms with van der Waals surface area (Å²) in [5, 5.41) is 2.33. The zero-order valence-electron chi connectivity index (χ0n) is 9.37. The van der Waals surface area contributed by atoms with Gasteiger partial charge in [0.2, 0.25) is 0 Å². The first-order chi connectivity index (χ1) is 7.24. The number of nitrogens with two attached hydrogens (primary N) is 1. The lowest BCUT2D eigenvalue weighted by molar-refractivity contribution is -0.686. The number of hydrogen-bond acceptors (Lipinski definition) is 1. The number of hydrogen-bond donors (Lipinski definition) is 1. The molecule has 0 saturated carbocycles. The monoisotopic (exact) mass is 320 g/mol. The van der Waals surface area contributed by atoms with Crippen LogP contribution in [0, 0.1) is 3.57 Å². The third-order valence-electron chi connectivity index (χ3n) is 2.43. The summed E-state index contributed by atoms with van der Waals surface area (Å²) in [6, 6.07) is 8.82. The first-order valence-corrected chi connectivity index (χ1v) is 6.52. The third kappa shape index (κ3) is 4.84. The lowest BCUT2D eigenvalue weighted by atomic mass is 10.3. The van der Waals surface area contributed by atoms with Crippen molar-refractivity contribution >= 4 is 22.6 Å². The molecule has 0 aromatic heterocycles. The molecule has 0 aliphatic carbocycles. The van der Waals surface area contributed by atoms with Crippen LogP contribution in [0.2, 0.25) is 0 Å². The SMILES string of the molecule is CC[C@H](C)[NH2+]CCOc1ccccc1I. The molecule has 2 nitrogen and oxygen atoms in total. The second kappa shape index (κ2) is 7.06. The highest BCUT2D eigenvalue weighted by Gasteiger charge is 2.02. The second-order valence-corrected chi connectivity index (χ2v) is 4.85. The van der Waals surface area contributed by atoms with Gasteiger partial charge in [-0.2, -0.15) is 0 Å². The van der Waals surface area contributed by atoms with Crippen LogP contribution in [0.1, 0.15) is 20.3 Å². The Kier molecular flexibility index (Phi) is 6.02. The van der Waals surface area contributed by atoms with Crippen molar-refractivity contribution < 1.29 is 10.1 Å². The fourth-order valence-electron chi connectivity index (χ4n) is 1.25. The molecule has 0 aliphatic heterocycles. The van der Waals surface area contributed by atoms with Crippen LogP contribution in [0.25, 0.3) is 0 Å². The van der Waals surface area contributed by atoms with Gasteiger partial charge in [-0.3, -0.25) is 0 Å². The Bertz CT molecular complexity index is 291. The zero-order chi connectivity index (χ0) is 11.1. The number of rotatable bonds is 6. The van der Waals surface area contributed by atoms with Crippen molar-refractivity contribution in [1.82, 2.24) is 0 Å². The number of halogens is 1. The van der Waals surface area contributed by atoms with Crippen molar-refractivity contribution in [3.8, 4) is 5.75 Å². The van der Waals surface area contributed by atoms with Crippen molar-refractivity contribution in [2.24, 2.45) is 0 Å². The van der Waals surface area contributed by atoms with Crippen LogP contribution in [0.15, 0.2) is 24.3 Å². The van der Waals surface area contributed by atoms with Gasteiger partial charge in [-0.15, -0.1) is 0 Å². The average Bonchev–Trinajstić information content (AvgIpc) is 2.26. The van der Waals surface area contributed by atoms with Crippen LogP contribution >= 0.6 is 22.6 Å². The van der Waals surface area contributed by atoms with E-state index in [1.807, 2.05) is 18.2 Å². The van der Waals surface area contributed by atoms with E-state index in [0.717, 1.165) is 18.9 Å². The molecule has 0 unspecified atom stereocenters.